The lowest BCUT2D eigenvalue weighted by molar-refractivity contribution is -0.115. The van der Waals surface area contributed by atoms with E-state index in [2.05, 4.69) is 10.6 Å². The molecule has 2 amide bonds. The molecule has 0 unspecified atom stereocenters. The molecular formula is C36H32N4O8S. The summed E-state index contributed by atoms with van der Waals surface area (Å²) in [7, 11) is 1.54. The van der Waals surface area contributed by atoms with Gasteiger partial charge in [-0.25, -0.2) is 4.98 Å². The molecule has 3 heterocycles. The summed E-state index contributed by atoms with van der Waals surface area (Å²) in [4.78, 5) is 45.3. The average Bonchev–Trinajstić information content (AvgIpc) is 3.80. The molecule has 0 radical (unpaired) electrons. The van der Waals surface area contributed by atoms with Gasteiger partial charge in [0.05, 0.1) is 35.5 Å². The van der Waals surface area contributed by atoms with Crippen molar-refractivity contribution in [3.05, 3.63) is 106 Å². The number of methoxy groups -OCH3 is 1. The molecule has 0 bridgehead atoms. The van der Waals surface area contributed by atoms with Crippen LogP contribution in [0.1, 0.15) is 34.8 Å². The summed E-state index contributed by atoms with van der Waals surface area (Å²) >= 11 is 1.20. The standard InChI is InChI=1S/C36H32N4O8S/c1-3-32(34(42)38-25-6-4-5-7-27(25)44-2)49-36-39-26-16-31-30(47-20-48-31)15-24(26)35(43)40(36)18-21-8-11-23(12-9-21)33(41)37-17-22-10-13-28-29(14-22)46-19-45-28/h4-16,32H,3,17-20H2,1-2H3,(H,37,41)(H,38,42)/t32-/m1/s1. The fourth-order valence-electron chi connectivity index (χ4n) is 5.51. The molecule has 0 spiro atoms. The summed E-state index contributed by atoms with van der Waals surface area (Å²) in [6.45, 7) is 2.61. The summed E-state index contributed by atoms with van der Waals surface area (Å²) in [6, 6.07) is 23.0. The molecule has 7 rings (SSSR count). The van der Waals surface area contributed by atoms with Gasteiger partial charge in [0.1, 0.15) is 5.75 Å². The topological polar surface area (TPSA) is 139 Å². The molecule has 1 atom stereocenters. The molecule has 0 saturated carbocycles. The Kier molecular flexibility index (Phi) is 8.99. The lowest BCUT2D eigenvalue weighted by atomic mass is 10.1. The number of amides is 2. The number of anilines is 1. The van der Waals surface area contributed by atoms with Gasteiger partial charge in [-0.2, -0.15) is 0 Å². The van der Waals surface area contributed by atoms with Gasteiger partial charge in [0.25, 0.3) is 11.5 Å². The Labute approximate surface area is 285 Å². The van der Waals surface area contributed by atoms with Gasteiger partial charge in [-0.05, 0) is 60.0 Å². The molecule has 0 fully saturated rings. The number of para-hydroxylation sites is 2. The van der Waals surface area contributed by atoms with Crippen LogP contribution >= 0.6 is 11.8 Å². The fraction of sp³-hybridized carbons (Fsp3) is 0.222. The highest BCUT2D eigenvalue weighted by Gasteiger charge is 2.25. The van der Waals surface area contributed by atoms with E-state index in [-0.39, 0.29) is 37.5 Å². The van der Waals surface area contributed by atoms with E-state index in [4.69, 9.17) is 28.7 Å². The summed E-state index contributed by atoms with van der Waals surface area (Å²) in [5, 5.41) is 6.02. The second-order valence-corrected chi connectivity index (χ2v) is 12.4. The van der Waals surface area contributed by atoms with Crippen molar-refractivity contribution in [1.82, 2.24) is 14.9 Å². The van der Waals surface area contributed by atoms with E-state index in [0.29, 0.717) is 69.0 Å². The number of benzene rings is 4. The van der Waals surface area contributed by atoms with E-state index in [1.165, 1.54) is 11.8 Å². The predicted octanol–water partition coefficient (Wildman–Crippen LogP) is 5.35. The number of thioether (sulfide) groups is 1. The largest absolute Gasteiger partial charge is 0.495 e. The minimum absolute atomic E-state index is 0.0547. The lowest BCUT2D eigenvalue weighted by Gasteiger charge is -2.19. The molecular weight excluding hydrogens is 648 g/mol. The normalized spacial score (nSPS) is 13.3. The zero-order valence-electron chi connectivity index (χ0n) is 26.7. The first-order valence-corrected chi connectivity index (χ1v) is 16.5. The minimum atomic E-state index is -0.578. The summed E-state index contributed by atoms with van der Waals surface area (Å²) in [5.41, 5.74) is 2.80. The van der Waals surface area contributed by atoms with Gasteiger partial charge in [0.15, 0.2) is 28.2 Å². The Bertz CT molecular complexity index is 2120. The second-order valence-electron chi connectivity index (χ2n) is 11.3. The van der Waals surface area contributed by atoms with Crippen molar-refractivity contribution < 1.29 is 33.3 Å². The van der Waals surface area contributed by atoms with Crippen molar-refractivity contribution in [2.75, 3.05) is 26.0 Å². The van der Waals surface area contributed by atoms with Crippen LogP contribution in [0.25, 0.3) is 10.9 Å². The van der Waals surface area contributed by atoms with Gasteiger partial charge in [-0.15, -0.1) is 0 Å². The molecule has 2 aliphatic heterocycles. The van der Waals surface area contributed by atoms with Crippen LogP contribution in [0.2, 0.25) is 0 Å². The third-order valence-corrected chi connectivity index (χ3v) is 9.49. The van der Waals surface area contributed by atoms with Crippen molar-refractivity contribution in [2.45, 2.75) is 36.8 Å². The van der Waals surface area contributed by atoms with Crippen LogP contribution in [0.4, 0.5) is 5.69 Å². The highest BCUT2D eigenvalue weighted by molar-refractivity contribution is 8.00. The number of aromatic nitrogens is 2. The smallest absolute Gasteiger partial charge is 0.262 e. The molecule has 0 aliphatic carbocycles. The van der Waals surface area contributed by atoms with E-state index in [9.17, 15) is 14.4 Å². The van der Waals surface area contributed by atoms with Crippen LogP contribution in [0.5, 0.6) is 28.7 Å². The molecule has 5 aromatic rings. The highest BCUT2D eigenvalue weighted by atomic mass is 32.2. The van der Waals surface area contributed by atoms with Crippen molar-refractivity contribution in [1.29, 1.82) is 0 Å². The second kappa shape index (κ2) is 13.8. The number of ether oxygens (including phenoxy) is 5. The highest BCUT2D eigenvalue weighted by Crippen LogP contribution is 2.36. The van der Waals surface area contributed by atoms with Gasteiger partial charge in [-0.3, -0.25) is 19.0 Å². The maximum absolute atomic E-state index is 14.0. The van der Waals surface area contributed by atoms with Crippen molar-refractivity contribution in [3.63, 3.8) is 0 Å². The Hall–Kier alpha value is -5.69. The van der Waals surface area contributed by atoms with Gasteiger partial charge in [0.2, 0.25) is 19.5 Å². The van der Waals surface area contributed by atoms with Crippen molar-refractivity contribution in [2.24, 2.45) is 0 Å². The first-order valence-electron chi connectivity index (χ1n) is 15.6. The maximum Gasteiger partial charge on any atom is 0.262 e. The number of rotatable bonds is 11. The zero-order chi connectivity index (χ0) is 33.9. The van der Waals surface area contributed by atoms with Gasteiger partial charge >= 0.3 is 0 Å². The first-order chi connectivity index (χ1) is 23.9. The Balaban J connectivity index is 1.13. The number of fused-ring (bicyclic) bond motifs is 3. The average molecular weight is 681 g/mol. The first kappa shape index (κ1) is 31.9. The Morgan fingerprint density at radius 1 is 0.898 bits per heavy atom. The maximum atomic E-state index is 14.0. The van der Waals surface area contributed by atoms with Crippen LogP contribution in [-0.2, 0) is 17.9 Å². The number of hydrogen-bond acceptors (Lipinski definition) is 10. The Morgan fingerprint density at radius 2 is 1.59 bits per heavy atom. The molecule has 49 heavy (non-hydrogen) atoms. The van der Waals surface area contributed by atoms with Crippen LogP contribution in [0.15, 0.2) is 88.8 Å². The van der Waals surface area contributed by atoms with Crippen LogP contribution < -0.4 is 39.9 Å². The number of carbonyl (C=O) groups excluding carboxylic acids is 2. The summed E-state index contributed by atoms with van der Waals surface area (Å²) in [6.07, 6.45) is 0.469. The van der Waals surface area contributed by atoms with Gasteiger partial charge in [-0.1, -0.05) is 49.0 Å². The molecule has 13 heteroatoms. The third kappa shape index (κ3) is 6.70. The Morgan fingerprint density at radius 3 is 2.35 bits per heavy atom. The van der Waals surface area contributed by atoms with Crippen molar-refractivity contribution in [3.8, 4) is 28.7 Å². The minimum Gasteiger partial charge on any atom is -0.495 e. The van der Waals surface area contributed by atoms with E-state index in [0.717, 1.165) is 11.1 Å². The zero-order valence-corrected chi connectivity index (χ0v) is 27.5. The molecule has 2 N–H and O–H groups in total. The predicted molar refractivity (Wildman–Crippen MR) is 183 cm³/mol. The molecule has 0 saturated heterocycles. The van der Waals surface area contributed by atoms with Crippen LogP contribution in [-0.4, -0.2) is 47.3 Å². The molecule has 12 nitrogen and oxygen atoms in total. The number of nitrogens with one attached hydrogen (secondary N) is 2. The monoisotopic (exact) mass is 680 g/mol. The quantitative estimate of drug-likeness (QED) is 0.139. The molecule has 2 aliphatic rings. The van der Waals surface area contributed by atoms with Crippen LogP contribution in [0, 0.1) is 0 Å². The molecule has 250 valence electrons. The van der Waals surface area contributed by atoms with E-state index in [1.807, 2.05) is 37.3 Å². The van der Waals surface area contributed by atoms with Gasteiger partial charge < -0.3 is 34.3 Å². The van der Waals surface area contributed by atoms with E-state index < -0.39 is 5.25 Å². The summed E-state index contributed by atoms with van der Waals surface area (Å²) in [5.74, 6) is 2.35. The number of hydrogen-bond donors (Lipinski definition) is 2. The number of carbonyl (C=O) groups is 2. The van der Waals surface area contributed by atoms with E-state index >= 15 is 0 Å². The number of nitrogens with zero attached hydrogens (tertiary/aromatic N) is 2. The third-order valence-electron chi connectivity index (χ3n) is 8.14. The van der Waals surface area contributed by atoms with E-state index in [1.54, 1.807) is 60.2 Å². The lowest BCUT2D eigenvalue weighted by Crippen LogP contribution is -2.28. The fourth-order valence-corrected chi connectivity index (χ4v) is 6.52. The summed E-state index contributed by atoms with van der Waals surface area (Å²) < 4.78 is 28.8. The van der Waals surface area contributed by atoms with Crippen LogP contribution in [0.3, 0.4) is 0 Å². The van der Waals surface area contributed by atoms with Gasteiger partial charge in [0, 0.05) is 18.2 Å². The van der Waals surface area contributed by atoms with Crippen molar-refractivity contribution >= 4 is 40.2 Å². The molecule has 4 aromatic carbocycles. The molecule has 1 aromatic heterocycles. The SMILES string of the molecule is CC[C@@H](Sc1nc2cc3c(cc2c(=O)n1Cc1ccc(C(=O)NCc2ccc4c(c2)OCO4)cc1)OCO3)C(=O)Nc1ccccc1OC.